The molecule has 1 amide bonds. The second-order valence-electron chi connectivity index (χ2n) is 6.62. The van der Waals surface area contributed by atoms with E-state index >= 15 is 0 Å². The molecule has 0 radical (unpaired) electrons. The SMILES string of the molecule is CC(C)c1ccc(OCC(=O)N/N=C2\CCCc3ccccc32)cc1. The van der Waals surface area contributed by atoms with Crippen LogP contribution in [-0.4, -0.2) is 18.2 Å². The summed E-state index contributed by atoms with van der Waals surface area (Å²) in [4.78, 5) is 12.0. The third-order valence-corrected chi connectivity index (χ3v) is 4.42. The zero-order valence-electron chi connectivity index (χ0n) is 14.8. The van der Waals surface area contributed by atoms with Gasteiger partial charge in [0, 0.05) is 5.56 Å². The molecule has 0 bridgehead atoms. The number of benzene rings is 2. The van der Waals surface area contributed by atoms with E-state index in [1.54, 1.807) is 0 Å². The Hall–Kier alpha value is -2.62. The summed E-state index contributed by atoms with van der Waals surface area (Å²) in [7, 11) is 0. The molecule has 0 unspecified atom stereocenters. The molecule has 0 atom stereocenters. The predicted molar refractivity (Wildman–Crippen MR) is 100 cm³/mol. The lowest BCUT2D eigenvalue weighted by atomic mass is 9.90. The lowest BCUT2D eigenvalue weighted by Crippen LogP contribution is -2.26. The van der Waals surface area contributed by atoms with E-state index in [0.717, 1.165) is 30.5 Å². The number of hydrogen-bond acceptors (Lipinski definition) is 3. The number of ether oxygens (including phenoxy) is 1. The molecule has 4 nitrogen and oxygen atoms in total. The molecular weight excluding hydrogens is 312 g/mol. The van der Waals surface area contributed by atoms with Gasteiger partial charge in [-0.05, 0) is 48.4 Å². The Morgan fingerprint density at radius 2 is 1.88 bits per heavy atom. The Morgan fingerprint density at radius 1 is 1.12 bits per heavy atom. The van der Waals surface area contributed by atoms with Crippen LogP contribution in [-0.2, 0) is 11.2 Å². The maximum Gasteiger partial charge on any atom is 0.277 e. The maximum atomic E-state index is 12.0. The van der Waals surface area contributed by atoms with Crippen molar-refractivity contribution in [3.05, 3.63) is 65.2 Å². The van der Waals surface area contributed by atoms with Crippen LogP contribution in [0.15, 0.2) is 53.6 Å². The van der Waals surface area contributed by atoms with E-state index in [1.165, 1.54) is 11.1 Å². The molecular formula is C21H24N2O2. The summed E-state index contributed by atoms with van der Waals surface area (Å²) in [6.07, 6.45) is 3.01. The summed E-state index contributed by atoms with van der Waals surface area (Å²) in [5.41, 5.74) is 7.24. The van der Waals surface area contributed by atoms with Crippen molar-refractivity contribution in [1.82, 2.24) is 5.43 Å². The number of fused-ring (bicyclic) bond motifs is 1. The molecule has 1 N–H and O–H groups in total. The van der Waals surface area contributed by atoms with Crippen LogP contribution in [0.4, 0.5) is 0 Å². The van der Waals surface area contributed by atoms with Crippen molar-refractivity contribution in [2.45, 2.75) is 39.0 Å². The lowest BCUT2D eigenvalue weighted by Gasteiger charge is -2.17. The highest BCUT2D eigenvalue weighted by Gasteiger charge is 2.15. The normalized spacial score (nSPS) is 15.1. The molecule has 0 heterocycles. The van der Waals surface area contributed by atoms with Gasteiger partial charge in [-0.15, -0.1) is 0 Å². The highest BCUT2D eigenvalue weighted by atomic mass is 16.5. The average molecular weight is 336 g/mol. The summed E-state index contributed by atoms with van der Waals surface area (Å²) in [6.45, 7) is 4.25. The number of nitrogens with zero attached hydrogens (tertiary/aromatic N) is 1. The van der Waals surface area contributed by atoms with Crippen LogP contribution in [0.25, 0.3) is 0 Å². The van der Waals surface area contributed by atoms with E-state index in [-0.39, 0.29) is 12.5 Å². The minimum absolute atomic E-state index is 0.0422. The van der Waals surface area contributed by atoms with Gasteiger partial charge in [-0.2, -0.15) is 5.10 Å². The van der Waals surface area contributed by atoms with Crippen molar-refractivity contribution in [3.8, 4) is 5.75 Å². The molecule has 2 aromatic carbocycles. The van der Waals surface area contributed by atoms with Gasteiger partial charge in [0.2, 0.25) is 0 Å². The van der Waals surface area contributed by atoms with Crippen LogP contribution in [0.1, 0.15) is 49.3 Å². The van der Waals surface area contributed by atoms with E-state index in [4.69, 9.17) is 4.74 Å². The molecule has 130 valence electrons. The molecule has 0 spiro atoms. The van der Waals surface area contributed by atoms with Gasteiger partial charge in [-0.25, -0.2) is 5.43 Å². The Bertz CT molecular complexity index is 764. The predicted octanol–water partition coefficient (Wildman–Crippen LogP) is 4.05. The average Bonchev–Trinajstić information content (AvgIpc) is 2.65. The van der Waals surface area contributed by atoms with Gasteiger partial charge in [-0.1, -0.05) is 50.2 Å². The van der Waals surface area contributed by atoms with Crippen molar-refractivity contribution < 1.29 is 9.53 Å². The fraction of sp³-hybridized carbons (Fsp3) is 0.333. The van der Waals surface area contributed by atoms with Crippen molar-refractivity contribution in [3.63, 3.8) is 0 Å². The fourth-order valence-corrected chi connectivity index (χ4v) is 2.98. The monoisotopic (exact) mass is 336 g/mol. The molecule has 0 fully saturated rings. The van der Waals surface area contributed by atoms with Gasteiger partial charge in [0.1, 0.15) is 5.75 Å². The first-order chi connectivity index (χ1) is 12.1. The summed E-state index contributed by atoms with van der Waals surface area (Å²) in [5.74, 6) is 0.922. The zero-order chi connectivity index (χ0) is 17.6. The molecule has 0 aliphatic heterocycles. The second-order valence-corrected chi connectivity index (χ2v) is 6.62. The molecule has 4 heteroatoms. The van der Waals surface area contributed by atoms with Crippen LogP contribution in [0.5, 0.6) is 5.75 Å². The topological polar surface area (TPSA) is 50.7 Å². The summed E-state index contributed by atoms with van der Waals surface area (Å²) in [6, 6.07) is 16.1. The third kappa shape index (κ3) is 4.47. The van der Waals surface area contributed by atoms with Gasteiger partial charge >= 0.3 is 0 Å². The van der Waals surface area contributed by atoms with Crippen molar-refractivity contribution in [2.75, 3.05) is 6.61 Å². The van der Waals surface area contributed by atoms with E-state index in [2.05, 4.69) is 36.5 Å². The Kier molecular flexibility index (Phi) is 5.49. The standard InChI is InChI=1S/C21H24N2O2/c1-15(2)16-10-12-18(13-11-16)25-14-21(24)23-22-20-9-5-7-17-6-3-4-8-19(17)20/h3-4,6,8,10-13,15H,5,7,9,14H2,1-2H3,(H,23,24)/b22-20+. The molecule has 25 heavy (non-hydrogen) atoms. The maximum absolute atomic E-state index is 12.0. The van der Waals surface area contributed by atoms with Gasteiger partial charge in [0.05, 0.1) is 5.71 Å². The van der Waals surface area contributed by atoms with E-state index in [1.807, 2.05) is 36.4 Å². The first-order valence-corrected chi connectivity index (χ1v) is 8.80. The molecule has 1 aliphatic carbocycles. The molecule has 1 aliphatic rings. The Balaban J connectivity index is 1.55. The van der Waals surface area contributed by atoms with E-state index < -0.39 is 0 Å². The van der Waals surface area contributed by atoms with E-state index in [9.17, 15) is 4.79 Å². The van der Waals surface area contributed by atoms with Crippen LogP contribution in [0.2, 0.25) is 0 Å². The van der Waals surface area contributed by atoms with Crippen LogP contribution >= 0.6 is 0 Å². The van der Waals surface area contributed by atoms with E-state index in [0.29, 0.717) is 11.7 Å². The number of amides is 1. The van der Waals surface area contributed by atoms with Crippen LogP contribution in [0.3, 0.4) is 0 Å². The minimum atomic E-state index is -0.247. The van der Waals surface area contributed by atoms with Crippen LogP contribution < -0.4 is 10.2 Å². The fourth-order valence-electron chi connectivity index (χ4n) is 2.98. The number of rotatable bonds is 5. The molecule has 3 rings (SSSR count). The summed E-state index contributed by atoms with van der Waals surface area (Å²) in [5, 5.41) is 4.31. The van der Waals surface area contributed by atoms with Crippen molar-refractivity contribution in [1.29, 1.82) is 0 Å². The number of nitrogens with one attached hydrogen (secondary N) is 1. The smallest absolute Gasteiger partial charge is 0.277 e. The number of carbonyl (C=O) groups excluding carboxylic acids is 1. The molecule has 0 saturated carbocycles. The number of carbonyl (C=O) groups is 1. The van der Waals surface area contributed by atoms with Gasteiger partial charge in [-0.3, -0.25) is 4.79 Å². The second kappa shape index (κ2) is 7.97. The Morgan fingerprint density at radius 3 is 2.64 bits per heavy atom. The quantitative estimate of drug-likeness (QED) is 0.838. The van der Waals surface area contributed by atoms with Crippen LogP contribution in [0, 0.1) is 0 Å². The number of hydrazone groups is 1. The highest BCUT2D eigenvalue weighted by Crippen LogP contribution is 2.21. The molecule has 0 aromatic heterocycles. The molecule has 0 saturated heterocycles. The highest BCUT2D eigenvalue weighted by molar-refractivity contribution is 6.03. The minimum Gasteiger partial charge on any atom is -0.484 e. The summed E-state index contributed by atoms with van der Waals surface area (Å²) < 4.78 is 5.53. The first kappa shape index (κ1) is 17.2. The number of hydrogen-bond donors (Lipinski definition) is 1. The largest absolute Gasteiger partial charge is 0.484 e. The summed E-state index contributed by atoms with van der Waals surface area (Å²) >= 11 is 0. The molecule has 2 aromatic rings. The van der Waals surface area contributed by atoms with Crippen molar-refractivity contribution in [2.24, 2.45) is 5.10 Å². The number of aryl methyl sites for hydroxylation is 1. The van der Waals surface area contributed by atoms with Gasteiger partial charge in [0.25, 0.3) is 5.91 Å². The zero-order valence-corrected chi connectivity index (χ0v) is 14.8. The Labute approximate surface area is 148 Å². The van der Waals surface area contributed by atoms with Gasteiger partial charge in [0.15, 0.2) is 6.61 Å². The third-order valence-electron chi connectivity index (χ3n) is 4.42. The first-order valence-electron chi connectivity index (χ1n) is 8.80. The van der Waals surface area contributed by atoms with Gasteiger partial charge < -0.3 is 4.74 Å². The van der Waals surface area contributed by atoms with Crippen molar-refractivity contribution >= 4 is 11.6 Å². The lowest BCUT2D eigenvalue weighted by molar-refractivity contribution is -0.123.